The molecule has 86 valence electrons. The van der Waals surface area contributed by atoms with Crippen molar-refractivity contribution in [2.45, 2.75) is 19.6 Å². The van der Waals surface area contributed by atoms with E-state index in [-0.39, 0.29) is 5.78 Å². The number of rotatable bonds is 1. The minimum atomic E-state index is -1.51. The van der Waals surface area contributed by atoms with Gasteiger partial charge in [-0.15, -0.1) is 5.54 Å². The fraction of sp³-hybridized carbons (Fsp3) is 0.231. The van der Waals surface area contributed by atoms with E-state index in [4.69, 9.17) is 0 Å². The number of H-pyrrole nitrogens is 1. The van der Waals surface area contributed by atoms with Gasteiger partial charge in [-0.3, -0.25) is 9.78 Å². The van der Waals surface area contributed by atoms with Crippen molar-refractivity contribution in [3.05, 3.63) is 30.2 Å². The average molecular weight is 242 g/mol. The Kier molecular flexibility index (Phi) is 2.86. The molecule has 0 unspecified atom stereocenters. The maximum Gasteiger partial charge on any atom is 0.237 e. The molecule has 0 aliphatic heterocycles. The van der Waals surface area contributed by atoms with Crippen molar-refractivity contribution < 1.29 is 4.79 Å². The monoisotopic (exact) mass is 242 g/mol. The number of nitrogens with zero attached hydrogens (tertiary/aromatic N) is 1. The normalized spacial score (nSPS) is 11.0. The third-order valence-corrected chi connectivity index (χ3v) is 3.15. The third kappa shape index (κ3) is 2.63. The summed E-state index contributed by atoms with van der Waals surface area (Å²) in [7, 11) is -1.51. The van der Waals surface area contributed by atoms with Crippen molar-refractivity contribution in [3.8, 4) is 11.5 Å². The quantitative estimate of drug-likeness (QED) is 0.474. The molecule has 0 aliphatic rings. The van der Waals surface area contributed by atoms with E-state index in [0.29, 0.717) is 5.56 Å². The van der Waals surface area contributed by atoms with Crippen molar-refractivity contribution in [2.24, 2.45) is 0 Å². The fourth-order valence-corrected chi connectivity index (χ4v) is 1.95. The van der Waals surface area contributed by atoms with Crippen molar-refractivity contribution in [1.29, 1.82) is 0 Å². The zero-order valence-electron chi connectivity index (χ0n) is 10.2. The van der Waals surface area contributed by atoms with E-state index in [1.54, 1.807) is 18.6 Å². The first-order chi connectivity index (χ1) is 7.97. The van der Waals surface area contributed by atoms with E-state index >= 15 is 0 Å². The van der Waals surface area contributed by atoms with Gasteiger partial charge in [0.25, 0.3) is 0 Å². The first-order valence-electron chi connectivity index (χ1n) is 5.46. The molecule has 0 fully saturated rings. The second-order valence-corrected chi connectivity index (χ2v) is 9.70. The molecule has 0 aliphatic carbocycles. The van der Waals surface area contributed by atoms with Gasteiger partial charge in [-0.25, -0.2) is 0 Å². The molecule has 0 spiro atoms. The van der Waals surface area contributed by atoms with Crippen LogP contribution in [0.4, 0.5) is 0 Å². The largest absolute Gasteiger partial charge is 0.360 e. The summed E-state index contributed by atoms with van der Waals surface area (Å²) in [5.41, 5.74) is 4.60. The first-order valence-corrected chi connectivity index (χ1v) is 8.96. The molecule has 2 heterocycles. The molecule has 0 amide bonds. The second kappa shape index (κ2) is 4.19. The number of hydrogen-bond donors (Lipinski definition) is 1. The predicted molar refractivity (Wildman–Crippen MR) is 71.5 cm³/mol. The van der Waals surface area contributed by atoms with Crippen LogP contribution in [0.1, 0.15) is 10.4 Å². The molecule has 0 saturated carbocycles. The molecule has 0 bridgehead atoms. The van der Waals surface area contributed by atoms with Crippen LogP contribution in [-0.2, 0) is 0 Å². The molecule has 4 heteroatoms. The molecule has 2 aromatic heterocycles. The van der Waals surface area contributed by atoms with Gasteiger partial charge in [-0.2, -0.15) is 0 Å². The number of hydrogen-bond acceptors (Lipinski definition) is 2. The third-order valence-electron chi connectivity index (χ3n) is 2.28. The summed E-state index contributed by atoms with van der Waals surface area (Å²) < 4.78 is 0. The topological polar surface area (TPSA) is 45.8 Å². The van der Waals surface area contributed by atoms with Crippen molar-refractivity contribution in [2.75, 3.05) is 0 Å². The Morgan fingerprint density at radius 2 is 2.18 bits per heavy atom. The number of aromatic amines is 1. The molecule has 0 radical (unpaired) electrons. The molecule has 2 aromatic rings. The fourth-order valence-electron chi connectivity index (χ4n) is 1.46. The lowest BCUT2D eigenvalue weighted by Crippen LogP contribution is -2.17. The molecule has 2 rings (SSSR count). The molecular weight excluding hydrogens is 228 g/mol. The van der Waals surface area contributed by atoms with Crippen LogP contribution >= 0.6 is 0 Å². The molecule has 0 aromatic carbocycles. The van der Waals surface area contributed by atoms with Crippen LogP contribution in [0, 0.1) is 11.5 Å². The molecule has 0 saturated heterocycles. The maximum absolute atomic E-state index is 12.0. The number of aromatic nitrogens is 2. The van der Waals surface area contributed by atoms with Crippen molar-refractivity contribution in [3.63, 3.8) is 0 Å². The average Bonchev–Trinajstić information content (AvgIpc) is 2.68. The highest BCUT2D eigenvalue weighted by Crippen LogP contribution is 2.16. The highest BCUT2D eigenvalue weighted by Gasteiger charge is 2.12. The molecule has 3 nitrogen and oxygen atoms in total. The Morgan fingerprint density at radius 3 is 2.88 bits per heavy atom. The smallest absolute Gasteiger partial charge is 0.237 e. The Hall–Kier alpha value is -1.86. The second-order valence-electron chi connectivity index (χ2n) is 4.95. The van der Waals surface area contributed by atoms with E-state index in [0.717, 1.165) is 10.9 Å². The van der Waals surface area contributed by atoms with Gasteiger partial charge in [0.1, 0.15) is 8.07 Å². The van der Waals surface area contributed by atoms with Gasteiger partial charge in [0.15, 0.2) is 0 Å². The lowest BCUT2D eigenvalue weighted by Gasteiger charge is -2.02. The van der Waals surface area contributed by atoms with Gasteiger partial charge >= 0.3 is 0 Å². The summed E-state index contributed by atoms with van der Waals surface area (Å²) in [5.74, 6) is 2.61. The predicted octanol–water partition coefficient (Wildman–Crippen LogP) is 2.63. The molecule has 0 atom stereocenters. The van der Waals surface area contributed by atoms with Gasteiger partial charge in [0.2, 0.25) is 5.78 Å². The highest BCUT2D eigenvalue weighted by molar-refractivity contribution is 6.84. The maximum atomic E-state index is 12.0. The number of carbonyl (C=O) groups is 1. The Morgan fingerprint density at radius 1 is 1.41 bits per heavy atom. The van der Waals surface area contributed by atoms with E-state index in [9.17, 15) is 4.79 Å². The van der Waals surface area contributed by atoms with Crippen molar-refractivity contribution >= 4 is 24.8 Å². The van der Waals surface area contributed by atoms with Crippen LogP contribution in [0.2, 0.25) is 19.6 Å². The zero-order chi connectivity index (χ0) is 12.5. The van der Waals surface area contributed by atoms with E-state index in [1.807, 2.05) is 6.07 Å². The number of Topliss-reactive ketones (excluding diaryl/α,β-unsaturated/α-hetero) is 1. The first kappa shape index (κ1) is 11.6. The standard InChI is InChI=1S/C13H14N2OSi/c1-17(2,3)7-5-13(16)11-9-15-12-4-6-14-8-10(11)12/h4,6,8-9,15H,1-3H3. The summed E-state index contributed by atoms with van der Waals surface area (Å²) in [4.78, 5) is 19.0. The summed E-state index contributed by atoms with van der Waals surface area (Å²) in [6, 6.07) is 1.85. The van der Waals surface area contributed by atoms with E-state index in [2.05, 4.69) is 41.1 Å². The molecule has 1 N–H and O–H groups in total. The summed E-state index contributed by atoms with van der Waals surface area (Å²) >= 11 is 0. The summed E-state index contributed by atoms with van der Waals surface area (Å²) in [5, 5.41) is 0.836. The lowest BCUT2D eigenvalue weighted by molar-refractivity contribution is 0.105. The molecule has 17 heavy (non-hydrogen) atoms. The van der Waals surface area contributed by atoms with Crippen LogP contribution in [0.5, 0.6) is 0 Å². The number of nitrogens with one attached hydrogen (secondary N) is 1. The van der Waals surface area contributed by atoms with E-state index in [1.165, 1.54) is 0 Å². The Labute approximate surface area is 101 Å². The minimum Gasteiger partial charge on any atom is -0.360 e. The van der Waals surface area contributed by atoms with Crippen LogP contribution < -0.4 is 0 Å². The summed E-state index contributed by atoms with van der Waals surface area (Å²) in [6.07, 6.45) is 5.09. The van der Waals surface area contributed by atoms with Crippen molar-refractivity contribution in [1.82, 2.24) is 9.97 Å². The van der Waals surface area contributed by atoms with Gasteiger partial charge in [0, 0.05) is 29.5 Å². The van der Waals surface area contributed by atoms with Crippen LogP contribution in [0.15, 0.2) is 24.7 Å². The van der Waals surface area contributed by atoms with E-state index < -0.39 is 8.07 Å². The lowest BCUT2D eigenvalue weighted by atomic mass is 10.1. The van der Waals surface area contributed by atoms with Gasteiger partial charge in [0.05, 0.1) is 5.56 Å². The van der Waals surface area contributed by atoms with Gasteiger partial charge in [-0.05, 0) is 12.0 Å². The summed E-state index contributed by atoms with van der Waals surface area (Å²) in [6.45, 7) is 6.35. The minimum absolute atomic E-state index is 0.133. The highest BCUT2D eigenvalue weighted by atomic mass is 28.3. The number of pyridine rings is 1. The van der Waals surface area contributed by atoms with Crippen LogP contribution in [0.3, 0.4) is 0 Å². The SMILES string of the molecule is C[Si](C)(C)C#CC(=O)c1c[nH]c2ccncc12. The van der Waals surface area contributed by atoms with Gasteiger partial charge in [-0.1, -0.05) is 19.6 Å². The van der Waals surface area contributed by atoms with Crippen LogP contribution in [-0.4, -0.2) is 23.8 Å². The Bertz CT molecular complexity index is 626. The number of carbonyl (C=O) groups excluding carboxylic acids is 1. The Balaban J connectivity index is 2.40. The number of fused-ring (bicyclic) bond motifs is 1. The zero-order valence-corrected chi connectivity index (χ0v) is 11.2. The molecular formula is C13H14N2OSi. The van der Waals surface area contributed by atoms with Crippen LogP contribution in [0.25, 0.3) is 10.9 Å². The number of ketones is 1. The van der Waals surface area contributed by atoms with Gasteiger partial charge < -0.3 is 4.98 Å².